The molecule has 0 radical (unpaired) electrons. The zero-order chi connectivity index (χ0) is 23.9. The minimum atomic E-state index is -0.170. The molecule has 11 heteroatoms. The Morgan fingerprint density at radius 1 is 1.03 bits per heavy atom. The first-order valence-corrected chi connectivity index (χ1v) is 11.6. The number of anilines is 2. The third-order valence-corrected chi connectivity index (χ3v) is 5.99. The van der Waals surface area contributed by atoms with Crippen LogP contribution in [0.15, 0.2) is 46.0 Å². The first kappa shape index (κ1) is 23.7. The number of rotatable bonds is 9. The molecule has 0 aliphatic carbocycles. The first-order chi connectivity index (χ1) is 16.6. The summed E-state index contributed by atoms with van der Waals surface area (Å²) in [5.41, 5.74) is 2.45. The van der Waals surface area contributed by atoms with E-state index in [0.29, 0.717) is 22.8 Å². The van der Waals surface area contributed by atoms with Gasteiger partial charge in [0, 0.05) is 30.0 Å². The lowest BCUT2D eigenvalue weighted by Crippen LogP contribution is -2.36. The quantitative estimate of drug-likeness (QED) is 0.453. The molecule has 10 nitrogen and oxygen atoms in total. The number of thioether (sulfide) groups is 1. The Bertz CT molecular complexity index is 1090. The molecule has 3 aromatic rings. The van der Waals surface area contributed by atoms with E-state index in [2.05, 4.69) is 20.4 Å². The van der Waals surface area contributed by atoms with Gasteiger partial charge in [0.05, 0.1) is 40.3 Å². The van der Waals surface area contributed by atoms with Crippen LogP contribution in [0.25, 0.3) is 11.5 Å². The monoisotopic (exact) mass is 486 g/mol. The van der Waals surface area contributed by atoms with Crippen LogP contribution in [0.5, 0.6) is 17.2 Å². The Kier molecular flexibility index (Phi) is 7.76. The van der Waals surface area contributed by atoms with Crippen molar-refractivity contribution >= 4 is 29.0 Å². The minimum Gasteiger partial charge on any atom is -0.493 e. The van der Waals surface area contributed by atoms with E-state index in [1.54, 1.807) is 12.1 Å². The van der Waals surface area contributed by atoms with Gasteiger partial charge in [-0.15, -0.1) is 10.2 Å². The van der Waals surface area contributed by atoms with Crippen LogP contribution in [0.4, 0.5) is 11.4 Å². The number of nitrogens with zero attached hydrogens (tertiary/aromatic N) is 3. The maximum Gasteiger partial charge on any atom is 0.277 e. The molecule has 0 spiro atoms. The number of amides is 1. The molecule has 34 heavy (non-hydrogen) atoms. The number of carbonyl (C=O) groups is 1. The van der Waals surface area contributed by atoms with E-state index in [1.807, 2.05) is 24.3 Å². The largest absolute Gasteiger partial charge is 0.493 e. The van der Waals surface area contributed by atoms with Crippen molar-refractivity contribution in [3.8, 4) is 28.7 Å². The number of morpholine rings is 1. The maximum atomic E-state index is 12.4. The van der Waals surface area contributed by atoms with Crippen LogP contribution in [-0.2, 0) is 9.53 Å². The highest BCUT2D eigenvalue weighted by atomic mass is 32.2. The molecule has 1 amide bonds. The highest BCUT2D eigenvalue weighted by Crippen LogP contribution is 2.41. The van der Waals surface area contributed by atoms with Crippen molar-refractivity contribution in [2.24, 2.45) is 0 Å². The summed E-state index contributed by atoms with van der Waals surface area (Å²) < 4.78 is 27.2. The second kappa shape index (κ2) is 11.1. The van der Waals surface area contributed by atoms with Gasteiger partial charge in [0.25, 0.3) is 5.22 Å². The van der Waals surface area contributed by atoms with Gasteiger partial charge >= 0.3 is 0 Å². The van der Waals surface area contributed by atoms with Crippen molar-refractivity contribution in [1.82, 2.24) is 10.2 Å². The topological polar surface area (TPSA) is 108 Å². The van der Waals surface area contributed by atoms with Crippen LogP contribution >= 0.6 is 11.8 Å². The zero-order valence-electron chi connectivity index (χ0n) is 19.2. The van der Waals surface area contributed by atoms with E-state index in [-0.39, 0.29) is 22.8 Å². The van der Waals surface area contributed by atoms with E-state index in [0.717, 1.165) is 49.4 Å². The zero-order valence-corrected chi connectivity index (χ0v) is 20.0. The van der Waals surface area contributed by atoms with Gasteiger partial charge in [-0.1, -0.05) is 11.8 Å². The number of aromatic nitrogens is 2. The summed E-state index contributed by atoms with van der Waals surface area (Å²) in [4.78, 5) is 14.6. The second-order valence-corrected chi connectivity index (χ2v) is 8.20. The van der Waals surface area contributed by atoms with Gasteiger partial charge in [-0.3, -0.25) is 4.79 Å². The van der Waals surface area contributed by atoms with Crippen molar-refractivity contribution in [3.63, 3.8) is 0 Å². The van der Waals surface area contributed by atoms with E-state index < -0.39 is 0 Å². The predicted octanol–water partition coefficient (Wildman–Crippen LogP) is 3.33. The highest BCUT2D eigenvalue weighted by molar-refractivity contribution is 7.99. The normalized spacial score (nSPS) is 13.4. The van der Waals surface area contributed by atoms with Crippen molar-refractivity contribution in [1.29, 1.82) is 0 Å². The Morgan fingerprint density at radius 2 is 1.71 bits per heavy atom. The molecule has 2 aromatic carbocycles. The molecule has 2 heterocycles. The molecular weight excluding hydrogens is 460 g/mol. The lowest BCUT2D eigenvalue weighted by atomic mass is 10.2. The predicted molar refractivity (Wildman–Crippen MR) is 128 cm³/mol. The van der Waals surface area contributed by atoms with Crippen molar-refractivity contribution in [3.05, 3.63) is 36.4 Å². The summed E-state index contributed by atoms with van der Waals surface area (Å²) in [7, 11) is 4.60. The van der Waals surface area contributed by atoms with Gasteiger partial charge in [0.2, 0.25) is 17.5 Å². The summed E-state index contributed by atoms with van der Waals surface area (Å²) in [6.07, 6.45) is 0. The lowest BCUT2D eigenvalue weighted by Gasteiger charge is -2.28. The molecule has 1 N–H and O–H groups in total. The maximum absolute atomic E-state index is 12.4. The molecule has 1 aliphatic rings. The van der Waals surface area contributed by atoms with Crippen LogP contribution in [0.3, 0.4) is 0 Å². The van der Waals surface area contributed by atoms with E-state index in [4.69, 9.17) is 23.4 Å². The molecule has 0 saturated carbocycles. The standard InChI is InChI=1S/C23H26N4O6S/c1-29-18-12-15(13-19(30-2)21(18)31-3)22-25-26-23(33-22)34-14-20(28)24-16-4-6-17(7-5-16)27-8-10-32-11-9-27/h4-7,12-13H,8-11,14H2,1-3H3,(H,24,28). The SMILES string of the molecule is COc1cc(-c2nnc(SCC(=O)Nc3ccc(N4CCOCC4)cc3)o2)cc(OC)c1OC. The van der Waals surface area contributed by atoms with E-state index in [9.17, 15) is 4.79 Å². The van der Waals surface area contributed by atoms with Crippen LogP contribution < -0.4 is 24.4 Å². The summed E-state index contributed by atoms with van der Waals surface area (Å²) in [6.45, 7) is 3.19. The van der Waals surface area contributed by atoms with Crippen LogP contribution in [0, 0.1) is 0 Å². The fraction of sp³-hybridized carbons (Fsp3) is 0.348. The van der Waals surface area contributed by atoms with E-state index >= 15 is 0 Å². The van der Waals surface area contributed by atoms with Gasteiger partial charge in [-0.25, -0.2) is 0 Å². The van der Waals surface area contributed by atoms with Gasteiger partial charge in [-0.2, -0.15) is 0 Å². The summed E-state index contributed by atoms with van der Waals surface area (Å²) in [5.74, 6) is 1.66. The van der Waals surface area contributed by atoms with Gasteiger partial charge in [0.15, 0.2) is 11.5 Å². The lowest BCUT2D eigenvalue weighted by molar-refractivity contribution is -0.113. The number of hydrogen-bond acceptors (Lipinski definition) is 10. The van der Waals surface area contributed by atoms with Gasteiger partial charge < -0.3 is 33.6 Å². The van der Waals surface area contributed by atoms with Crippen LogP contribution in [0.2, 0.25) is 0 Å². The average Bonchev–Trinajstić information content (AvgIpc) is 3.36. The summed E-state index contributed by atoms with van der Waals surface area (Å²) in [6, 6.07) is 11.2. The average molecular weight is 487 g/mol. The molecule has 4 rings (SSSR count). The van der Waals surface area contributed by atoms with Crippen molar-refractivity contribution in [2.75, 3.05) is 63.6 Å². The van der Waals surface area contributed by atoms with Gasteiger partial charge in [-0.05, 0) is 36.4 Å². The third-order valence-electron chi connectivity index (χ3n) is 5.17. The molecular formula is C23H26N4O6S. The fourth-order valence-electron chi connectivity index (χ4n) is 3.49. The smallest absolute Gasteiger partial charge is 0.277 e. The van der Waals surface area contributed by atoms with Gasteiger partial charge in [0.1, 0.15) is 0 Å². The molecule has 0 atom stereocenters. The second-order valence-electron chi connectivity index (χ2n) is 7.27. The summed E-state index contributed by atoms with van der Waals surface area (Å²) in [5, 5.41) is 11.3. The fourth-order valence-corrected chi connectivity index (χ4v) is 4.05. The first-order valence-electron chi connectivity index (χ1n) is 10.6. The Labute approximate surface area is 201 Å². The number of carbonyl (C=O) groups excluding carboxylic acids is 1. The molecule has 180 valence electrons. The molecule has 1 saturated heterocycles. The molecule has 1 aromatic heterocycles. The molecule has 1 fully saturated rings. The molecule has 0 unspecified atom stereocenters. The van der Waals surface area contributed by atoms with Crippen molar-refractivity contribution < 1.29 is 28.2 Å². The highest BCUT2D eigenvalue weighted by Gasteiger charge is 2.18. The number of ether oxygens (including phenoxy) is 4. The molecule has 0 bridgehead atoms. The van der Waals surface area contributed by atoms with Crippen molar-refractivity contribution in [2.45, 2.75) is 5.22 Å². The Hall–Kier alpha value is -3.44. The van der Waals surface area contributed by atoms with Crippen LogP contribution in [0.1, 0.15) is 0 Å². The van der Waals surface area contributed by atoms with E-state index in [1.165, 1.54) is 21.3 Å². The minimum absolute atomic E-state index is 0.127. The van der Waals surface area contributed by atoms with Crippen LogP contribution in [-0.4, -0.2) is 69.5 Å². The number of hydrogen-bond donors (Lipinski definition) is 1. The number of benzene rings is 2. The number of nitrogens with one attached hydrogen (secondary N) is 1. The summed E-state index contributed by atoms with van der Waals surface area (Å²) >= 11 is 1.16. The Morgan fingerprint density at radius 3 is 2.32 bits per heavy atom. The molecule has 1 aliphatic heterocycles. The Balaban J connectivity index is 1.34. The number of methoxy groups -OCH3 is 3. The third kappa shape index (κ3) is 5.54.